The second kappa shape index (κ2) is 20.3. The van der Waals surface area contributed by atoms with Gasteiger partial charge in [0.2, 0.25) is 0 Å². The van der Waals surface area contributed by atoms with Gasteiger partial charge in [-0.3, -0.25) is 4.99 Å². The number of benzene rings is 8. The molecule has 0 aliphatic heterocycles. The van der Waals surface area contributed by atoms with E-state index in [0.717, 1.165) is 86.7 Å². The van der Waals surface area contributed by atoms with Crippen LogP contribution < -0.4 is 5.73 Å². The maximum Gasteiger partial charge on any atom is 0.136 e. The zero-order valence-electron chi connectivity index (χ0n) is 39.3. The van der Waals surface area contributed by atoms with E-state index in [1.165, 1.54) is 22.3 Å². The maximum atomic E-state index is 7.06. The van der Waals surface area contributed by atoms with Crippen molar-refractivity contribution < 1.29 is 0 Å². The first-order valence-electron chi connectivity index (χ1n) is 24.1. The molecule has 0 spiro atoms. The van der Waals surface area contributed by atoms with E-state index in [0.29, 0.717) is 5.70 Å². The van der Waals surface area contributed by atoms with E-state index >= 15 is 0 Å². The van der Waals surface area contributed by atoms with E-state index in [9.17, 15) is 0 Å². The van der Waals surface area contributed by atoms with Crippen molar-refractivity contribution in [2.45, 2.75) is 50.5 Å². The van der Waals surface area contributed by atoms with Gasteiger partial charge in [0.25, 0.3) is 0 Å². The number of nitrogens with zero attached hydrogens (tertiary/aromatic N) is 3. The van der Waals surface area contributed by atoms with E-state index in [1.807, 2.05) is 18.2 Å². The molecule has 0 saturated heterocycles. The van der Waals surface area contributed by atoms with Crippen LogP contribution in [0.4, 0.5) is 0 Å². The van der Waals surface area contributed by atoms with Gasteiger partial charge in [-0.2, -0.15) is 0 Å². The summed E-state index contributed by atoms with van der Waals surface area (Å²) in [7, 11) is 0. The highest BCUT2D eigenvalue weighted by atomic mass is 14.9. The molecule has 2 N–H and O–H groups in total. The summed E-state index contributed by atoms with van der Waals surface area (Å²) in [4.78, 5) is 15.8. The molecule has 1 aromatic heterocycles. The third-order valence-corrected chi connectivity index (χ3v) is 13.7. The minimum absolute atomic E-state index is 0.0736. The highest BCUT2D eigenvalue weighted by Gasteiger charge is 2.31. The van der Waals surface area contributed by atoms with Crippen LogP contribution in [-0.2, 0) is 5.41 Å². The molecule has 1 aliphatic carbocycles. The number of aliphatic imine (C=N–C) groups is 1. The predicted molar refractivity (Wildman–Crippen MR) is 288 cm³/mol. The molecule has 3 atom stereocenters. The largest absolute Gasteiger partial charge is 0.398 e. The molecule has 336 valence electrons. The van der Waals surface area contributed by atoms with Gasteiger partial charge in [-0.05, 0) is 107 Å². The minimum atomic E-state index is -0.473. The number of hydrogen-bond acceptors (Lipinski definition) is 4. The third-order valence-electron chi connectivity index (χ3n) is 13.7. The van der Waals surface area contributed by atoms with Crippen LogP contribution in [0.5, 0.6) is 0 Å². The number of hydrogen-bond donors (Lipinski definition) is 1. The zero-order valence-corrected chi connectivity index (χ0v) is 39.3. The Hall–Kier alpha value is -8.21. The second-order valence-electron chi connectivity index (χ2n) is 18.2. The van der Waals surface area contributed by atoms with Crippen molar-refractivity contribution in [3.63, 3.8) is 0 Å². The molecule has 0 radical (unpaired) electrons. The van der Waals surface area contributed by atoms with E-state index < -0.39 is 5.41 Å². The van der Waals surface area contributed by atoms with Crippen LogP contribution in [0, 0.1) is 0 Å². The Labute approximate surface area is 407 Å². The van der Waals surface area contributed by atoms with Gasteiger partial charge in [0.1, 0.15) is 5.82 Å². The van der Waals surface area contributed by atoms with Crippen LogP contribution >= 0.6 is 0 Å². The fourth-order valence-electron chi connectivity index (χ4n) is 9.61. The molecule has 4 nitrogen and oxygen atoms in total. The third kappa shape index (κ3) is 9.93. The van der Waals surface area contributed by atoms with E-state index in [4.69, 9.17) is 20.7 Å². The second-order valence-corrected chi connectivity index (χ2v) is 18.2. The molecule has 0 fully saturated rings. The summed E-state index contributed by atoms with van der Waals surface area (Å²) in [5.74, 6) is 1.06. The molecule has 0 saturated carbocycles. The summed E-state index contributed by atoms with van der Waals surface area (Å²) in [5, 5.41) is 0. The average Bonchev–Trinajstić information content (AvgIpc) is 3.44. The van der Waals surface area contributed by atoms with E-state index in [2.05, 4.69) is 238 Å². The lowest BCUT2D eigenvalue weighted by Gasteiger charge is -2.32. The Kier molecular flexibility index (Phi) is 13.2. The van der Waals surface area contributed by atoms with Gasteiger partial charge < -0.3 is 5.73 Å². The van der Waals surface area contributed by atoms with Gasteiger partial charge in [0.05, 0.1) is 23.1 Å². The molecular formula is C65H56N4. The minimum Gasteiger partial charge on any atom is -0.398 e. The quantitative estimate of drug-likeness (QED) is 0.0712. The van der Waals surface area contributed by atoms with Gasteiger partial charge >= 0.3 is 0 Å². The molecule has 9 aromatic rings. The summed E-state index contributed by atoms with van der Waals surface area (Å²) in [6, 6.07) is 79.2. The van der Waals surface area contributed by atoms with Crippen molar-refractivity contribution in [3.05, 3.63) is 282 Å². The van der Waals surface area contributed by atoms with Gasteiger partial charge in [0, 0.05) is 33.7 Å². The Morgan fingerprint density at radius 1 is 0.536 bits per heavy atom. The van der Waals surface area contributed by atoms with Crippen molar-refractivity contribution in [2.75, 3.05) is 0 Å². The van der Waals surface area contributed by atoms with Crippen molar-refractivity contribution in [1.82, 2.24) is 9.97 Å². The van der Waals surface area contributed by atoms with E-state index in [-0.39, 0.29) is 12.0 Å². The van der Waals surface area contributed by atoms with Gasteiger partial charge in [0.15, 0.2) is 0 Å². The molecule has 4 heteroatoms. The van der Waals surface area contributed by atoms with Gasteiger partial charge in [-0.15, -0.1) is 0 Å². The summed E-state index contributed by atoms with van der Waals surface area (Å²) >= 11 is 0. The van der Waals surface area contributed by atoms with Crippen LogP contribution in [0.3, 0.4) is 0 Å². The first-order chi connectivity index (χ1) is 33.9. The predicted octanol–water partition coefficient (Wildman–Crippen LogP) is 15.9. The number of allylic oxidation sites excluding steroid dienone is 3. The van der Waals surface area contributed by atoms with Crippen LogP contribution in [0.1, 0.15) is 84.3 Å². The summed E-state index contributed by atoms with van der Waals surface area (Å²) < 4.78 is 0. The van der Waals surface area contributed by atoms with Crippen molar-refractivity contribution in [3.8, 4) is 44.8 Å². The smallest absolute Gasteiger partial charge is 0.136 e. The molecule has 10 rings (SSSR count). The van der Waals surface area contributed by atoms with Crippen molar-refractivity contribution >= 4 is 11.4 Å². The number of nitrogens with two attached hydrogens (primary N) is 1. The monoisotopic (exact) mass is 892 g/mol. The molecule has 0 bridgehead atoms. The Morgan fingerprint density at radius 2 is 1.06 bits per heavy atom. The Morgan fingerprint density at radius 3 is 1.68 bits per heavy atom. The highest BCUT2D eigenvalue weighted by Crippen LogP contribution is 2.40. The molecule has 0 amide bonds. The van der Waals surface area contributed by atoms with Crippen molar-refractivity contribution in [1.29, 1.82) is 0 Å². The van der Waals surface area contributed by atoms with Gasteiger partial charge in [-0.25, -0.2) is 9.97 Å². The highest BCUT2D eigenvalue weighted by molar-refractivity contribution is 6.12. The maximum absolute atomic E-state index is 7.06. The normalized spacial score (nSPS) is 15.3. The first-order valence-corrected chi connectivity index (χ1v) is 24.1. The molecule has 8 aromatic carbocycles. The summed E-state index contributed by atoms with van der Waals surface area (Å²) in [6.07, 6.45) is 9.88. The van der Waals surface area contributed by atoms with Crippen LogP contribution in [-0.4, -0.2) is 15.7 Å². The lowest BCUT2D eigenvalue weighted by atomic mass is 9.71. The summed E-state index contributed by atoms with van der Waals surface area (Å²) in [5.41, 5.74) is 23.3. The Bertz CT molecular complexity index is 3250. The molecule has 1 aliphatic rings. The summed E-state index contributed by atoms with van der Waals surface area (Å²) in [6.45, 7) is 4.45. The topological polar surface area (TPSA) is 64.2 Å². The van der Waals surface area contributed by atoms with Gasteiger partial charge in [-0.1, -0.05) is 218 Å². The van der Waals surface area contributed by atoms with Crippen LogP contribution in [0.2, 0.25) is 0 Å². The molecule has 69 heavy (non-hydrogen) atoms. The number of aromatic nitrogens is 2. The standard InChI is InChI=1S/C65H56N4/c1-46(47-20-8-3-9-21-47)67-61(55-30-18-28-53(42-55)48-22-10-4-11-23-48)44-60(66)50-34-38-58(39-35-50)65(2,57-32-16-7-17-33-57)59-40-36-51(37-41-59)62-45-63(69-64(68-62)52-26-14-6-15-27-52)56-31-19-29-54(43-56)49-24-12-5-13-25-49/h3-5,7-14,16-26,28-46,52H,6,15,27,66H2,1-2H3/b60-44-,67-61+. The fourth-order valence-corrected chi connectivity index (χ4v) is 9.61. The molecular weight excluding hydrogens is 837 g/mol. The lowest BCUT2D eigenvalue weighted by Crippen LogP contribution is -2.25. The van der Waals surface area contributed by atoms with Crippen LogP contribution in [0.15, 0.2) is 248 Å². The average molecular weight is 893 g/mol. The van der Waals surface area contributed by atoms with Crippen molar-refractivity contribution in [2.24, 2.45) is 10.7 Å². The SMILES string of the molecule is CC(/N=C(\C=C(/N)c1ccc(C(C)(c2ccccc2)c2ccc(-c3cc(-c4cccc(-c5ccccc5)c4)nc(C4C=CCCC4)n3)cc2)cc1)c1cccc(-c2ccccc2)c1)c1ccccc1. The van der Waals surface area contributed by atoms with Crippen LogP contribution in [0.25, 0.3) is 50.5 Å². The fraction of sp³-hybridized carbons (Fsp3) is 0.123. The lowest BCUT2D eigenvalue weighted by molar-refractivity contribution is 0.626. The number of rotatable bonds is 13. The zero-order chi connectivity index (χ0) is 47.0. The Balaban J connectivity index is 0.991. The van der Waals surface area contributed by atoms with E-state index in [1.54, 1.807) is 0 Å². The molecule has 1 heterocycles. The molecule has 3 unspecified atom stereocenters. The first kappa shape index (κ1) is 44.6.